The first-order chi connectivity index (χ1) is 10.8. The molecule has 2 fully saturated rings. The molecule has 2 aliphatic rings. The number of benzene rings is 1. The third-order valence-corrected chi connectivity index (χ3v) is 4.89. The monoisotopic (exact) mass is 305 g/mol. The van der Waals surface area contributed by atoms with E-state index in [1.54, 1.807) is 6.07 Å². The second-order valence-corrected chi connectivity index (χ2v) is 6.59. The van der Waals surface area contributed by atoms with E-state index in [0.717, 1.165) is 44.8 Å². The molecule has 0 unspecified atom stereocenters. The molecule has 0 spiro atoms. The minimum atomic E-state index is -0.0942. The maximum atomic E-state index is 14.2. The minimum absolute atomic E-state index is 0.0942. The van der Waals surface area contributed by atoms with Crippen molar-refractivity contribution in [3.05, 3.63) is 29.6 Å². The molecule has 4 heteroatoms. The van der Waals surface area contributed by atoms with Crippen LogP contribution in [0.3, 0.4) is 0 Å². The molecule has 1 heterocycles. The van der Waals surface area contributed by atoms with Gasteiger partial charge in [-0.15, -0.1) is 0 Å². The summed E-state index contributed by atoms with van der Waals surface area (Å²) >= 11 is 0. The molecule has 1 aromatic rings. The van der Waals surface area contributed by atoms with Crippen molar-refractivity contribution in [2.75, 3.05) is 31.1 Å². The van der Waals surface area contributed by atoms with Gasteiger partial charge in [-0.1, -0.05) is 25.3 Å². The van der Waals surface area contributed by atoms with E-state index in [1.165, 1.54) is 37.7 Å². The Labute approximate surface area is 133 Å². The van der Waals surface area contributed by atoms with Gasteiger partial charge in [-0.2, -0.15) is 0 Å². The van der Waals surface area contributed by atoms with Gasteiger partial charge < -0.3 is 15.5 Å². The van der Waals surface area contributed by atoms with Crippen molar-refractivity contribution < 1.29 is 4.39 Å². The van der Waals surface area contributed by atoms with Crippen LogP contribution in [-0.4, -0.2) is 32.2 Å². The number of nitrogens with one attached hydrogen (secondary N) is 2. The Morgan fingerprint density at radius 1 is 1.09 bits per heavy atom. The zero-order valence-electron chi connectivity index (χ0n) is 13.4. The maximum Gasteiger partial charge on any atom is 0.146 e. The van der Waals surface area contributed by atoms with Crippen molar-refractivity contribution in [3.8, 4) is 0 Å². The largest absolute Gasteiger partial charge is 0.368 e. The fourth-order valence-corrected chi connectivity index (χ4v) is 3.57. The van der Waals surface area contributed by atoms with Crippen molar-refractivity contribution in [2.45, 2.75) is 51.1 Å². The zero-order chi connectivity index (χ0) is 15.2. The van der Waals surface area contributed by atoms with Gasteiger partial charge >= 0.3 is 0 Å². The van der Waals surface area contributed by atoms with Crippen LogP contribution in [0, 0.1) is 5.82 Å². The third-order valence-electron chi connectivity index (χ3n) is 4.89. The highest BCUT2D eigenvalue weighted by molar-refractivity contribution is 5.50. The van der Waals surface area contributed by atoms with Crippen molar-refractivity contribution in [1.82, 2.24) is 10.6 Å². The summed E-state index contributed by atoms with van der Waals surface area (Å²) in [6.07, 6.45) is 7.70. The van der Waals surface area contributed by atoms with E-state index < -0.39 is 0 Å². The van der Waals surface area contributed by atoms with Gasteiger partial charge in [0.1, 0.15) is 5.82 Å². The Balaban J connectivity index is 1.63. The average molecular weight is 305 g/mol. The predicted octanol–water partition coefficient (Wildman–Crippen LogP) is 3.05. The molecule has 1 aromatic carbocycles. The molecule has 0 amide bonds. The van der Waals surface area contributed by atoms with Crippen LogP contribution in [0.2, 0.25) is 0 Å². The van der Waals surface area contributed by atoms with Gasteiger partial charge in [0.15, 0.2) is 0 Å². The molecule has 2 N–H and O–H groups in total. The first-order valence-corrected chi connectivity index (χ1v) is 8.80. The Morgan fingerprint density at radius 3 is 2.82 bits per heavy atom. The molecule has 1 aliphatic carbocycles. The van der Waals surface area contributed by atoms with Crippen molar-refractivity contribution in [3.63, 3.8) is 0 Å². The molecule has 0 atom stereocenters. The Kier molecular flexibility index (Phi) is 5.68. The number of hydrogen-bond donors (Lipinski definition) is 2. The van der Waals surface area contributed by atoms with Gasteiger partial charge in [-0.25, -0.2) is 4.39 Å². The van der Waals surface area contributed by atoms with Crippen LogP contribution >= 0.6 is 0 Å². The molecule has 22 heavy (non-hydrogen) atoms. The Bertz CT molecular complexity index is 463. The number of rotatable bonds is 4. The summed E-state index contributed by atoms with van der Waals surface area (Å²) < 4.78 is 14.2. The van der Waals surface area contributed by atoms with Crippen molar-refractivity contribution >= 4 is 5.69 Å². The molecule has 3 rings (SSSR count). The second kappa shape index (κ2) is 7.93. The number of hydrogen-bond acceptors (Lipinski definition) is 3. The molecular formula is C18H28FN3. The summed E-state index contributed by atoms with van der Waals surface area (Å²) in [6, 6.07) is 6.23. The van der Waals surface area contributed by atoms with Gasteiger partial charge in [-0.05, 0) is 43.5 Å². The maximum absolute atomic E-state index is 14.2. The van der Waals surface area contributed by atoms with Gasteiger partial charge in [0.2, 0.25) is 0 Å². The minimum Gasteiger partial charge on any atom is -0.368 e. The van der Waals surface area contributed by atoms with E-state index in [9.17, 15) is 4.39 Å². The Hall–Kier alpha value is -1.13. The lowest BCUT2D eigenvalue weighted by atomic mass is 9.95. The lowest BCUT2D eigenvalue weighted by Crippen LogP contribution is -2.31. The lowest BCUT2D eigenvalue weighted by molar-refractivity contribution is 0.372. The van der Waals surface area contributed by atoms with Gasteiger partial charge in [0.25, 0.3) is 0 Å². The van der Waals surface area contributed by atoms with Crippen molar-refractivity contribution in [1.29, 1.82) is 0 Å². The Morgan fingerprint density at radius 2 is 1.95 bits per heavy atom. The van der Waals surface area contributed by atoms with E-state index >= 15 is 0 Å². The number of halogens is 1. The van der Waals surface area contributed by atoms with Crippen LogP contribution in [0.5, 0.6) is 0 Å². The summed E-state index contributed by atoms with van der Waals surface area (Å²) in [5, 5.41) is 7.02. The van der Waals surface area contributed by atoms with Crippen LogP contribution in [0.1, 0.15) is 44.1 Å². The number of anilines is 1. The SMILES string of the molecule is Fc1ccc(CNC2CCCCC2)cc1N1CCCNCC1. The molecule has 0 aromatic heterocycles. The van der Waals surface area contributed by atoms with E-state index in [0.29, 0.717) is 6.04 Å². The molecule has 122 valence electrons. The average Bonchev–Trinajstić information content (AvgIpc) is 2.84. The highest BCUT2D eigenvalue weighted by atomic mass is 19.1. The quantitative estimate of drug-likeness (QED) is 0.895. The molecule has 0 bridgehead atoms. The summed E-state index contributed by atoms with van der Waals surface area (Å²) in [5.41, 5.74) is 1.96. The summed E-state index contributed by atoms with van der Waals surface area (Å²) in [4.78, 5) is 2.18. The molecule has 1 saturated carbocycles. The molecule has 1 aliphatic heterocycles. The molecule has 3 nitrogen and oxygen atoms in total. The second-order valence-electron chi connectivity index (χ2n) is 6.59. The van der Waals surface area contributed by atoms with E-state index in [1.807, 2.05) is 12.1 Å². The van der Waals surface area contributed by atoms with E-state index in [4.69, 9.17) is 0 Å². The standard InChI is InChI=1S/C18H28FN3/c19-17-8-7-15(14-21-16-5-2-1-3-6-16)13-18(17)22-11-4-9-20-10-12-22/h7-8,13,16,20-21H,1-6,9-12,14H2. The normalized spacial score (nSPS) is 20.9. The van der Waals surface area contributed by atoms with Crippen LogP contribution in [0.25, 0.3) is 0 Å². The predicted molar refractivity (Wildman–Crippen MR) is 89.8 cm³/mol. The summed E-state index contributed by atoms with van der Waals surface area (Å²) in [5.74, 6) is -0.0942. The lowest BCUT2D eigenvalue weighted by Gasteiger charge is -2.25. The molecule has 0 radical (unpaired) electrons. The van der Waals surface area contributed by atoms with Crippen LogP contribution in [-0.2, 0) is 6.54 Å². The van der Waals surface area contributed by atoms with Crippen molar-refractivity contribution in [2.24, 2.45) is 0 Å². The first-order valence-electron chi connectivity index (χ1n) is 8.80. The zero-order valence-corrected chi connectivity index (χ0v) is 13.4. The first kappa shape index (κ1) is 15.8. The van der Waals surface area contributed by atoms with Gasteiger partial charge in [-0.3, -0.25) is 0 Å². The van der Waals surface area contributed by atoms with Crippen LogP contribution < -0.4 is 15.5 Å². The molecule has 1 saturated heterocycles. The van der Waals surface area contributed by atoms with Crippen LogP contribution in [0.4, 0.5) is 10.1 Å². The highest BCUT2D eigenvalue weighted by Crippen LogP contribution is 2.23. The topological polar surface area (TPSA) is 27.3 Å². The van der Waals surface area contributed by atoms with Crippen LogP contribution in [0.15, 0.2) is 18.2 Å². The summed E-state index contributed by atoms with van der Waals surface area (Å²) in [6.45, 7) is 4.63. The van der Waals surface area contributed by atoms with E-state index in [-0.39, 0.29) is 5.82 Å². The fraction of sp³-hybridized carbons (Fsp3) is 0.667. The van der Waals surface area contributed by atoms with Gasteiger partial charge in [0.05, 0.1) is 5.69 Å². The smallest absolute Gasteiger partial charge is 0.146 e. The van der Waals surface area contributed by atoms with E-state index in [2.05, 4.69) is 15.5 Å². The summed E-state index contributed by atoms with van der Waals surface area (Å²) in [7, 11) is 0. The third kappa shape index (κ3) is 4.20. The highest BCUT2D eigenvalue weighted by Gasteiger charge is 2.16. The number of nitrogens with zero attached hydrogens (tertiary/aromatic N) is 1. The van der Waals surface area contributed by atoms with Gasteiger partial charge in [0, 0.05) is 32.2 Å². The fourth-order valence-electron chi connectivity index (χ4n) is 3.57. The molecular weight excluding hydrogens is 277 g/mol.